The molecular weight excluding hydrogens is 301 g/mol. The van der Waals surface area contributed by atoms with Crippen molar-refractivity contribution in [1.82, 2.24) is 10.3 Å². The van der Waals surface area contributed by atoms with E-state index in [0.717, 1.165) is 0 Å². The Morgan fingerprint density at radius 2 is 2.15 bits per heavy atom. The van der Waals surface area contributed by atoms with Crippen molar-refractivity contribution >= 4 is 40.5 Å². The van der Waals surface area contributed by atoms with Crippen LogP contribution in [0.5, 0.6) is 0 Å². The third-order valence-corrected chi connectivity index (χ3v) is 2.82. The van der Waals surface area contributed by atoms with Crippen molar-refractivity contribution in [2.75, 3.05) is 5.32 Å². The lowest BCUT2D eigenvalue weighted by molar-refractivity contribution is 0.0977. The van der Waals surface area contributed by atoms with Crippen LogP contribution in [-0.2, 0) is 0 Å². The van der Waals surface area contributed by atoms with Crippen LogP contribution in [-0.4, -0.2) is 16.0 Å². The zero-order valence-electron chi connectivity index (χ0n) is 10.1. The second kappa shape index (κ2) is 6.40. The summed E-state index contributed by atoms with van der Waals surface area (Å²) in [6.45, 7) is 0. The average Bonchev–Trinajstić information content (AvgIpc) is 2.44. The van der Waals surface area contributed by atoms with Gasteiger partial charge in [-0.25, -0.2) is 4.39 Å². The molecule has 0 fully saturated rings. The van der Waals surface area contributed by atoms with Crippen LogP contribution < -0.4 is 10.6 Å². The molecule has 1 amide bonds. The van der Waals surface area contributed by atoms with Gasteiger partial charge in [0, 0.05) is 18.1 Å². The topological polar surface area (TPSA) is 54.0 Å². The smallest absolute Gasteiger partial charge is 0.258 e. The van der Waals surface area contributed by atoms with Gasteiger partial charge >= 0.3 is 0 Å². The number of anilines is 1. The van der Waals surface area contributed by atoms with Crippen molar-refractivity contribution in [2.24, 2.45) is 0 Å². The third-order valence-electron chi connectivity index (χ3n) is 2.33. The maximum Gasteiger partial charge on any atom is 0.258 e. The number of hydrogen-bond acceptors (Lipinski definition) is 3. The van der Waals surface area contributed by atoms with Crippen LogP contribution in [0.4, 0.5) is 10.1 Å². The predicted molar refractivity (Wildman–Crippen MR) is 79.3 cm³/mol. The highest BCUT2D eigenvalue weighted by molar-refractivity contribution is 7.80. The van der Waals surface area contributed by atoms with Gasteiger partial charge in [-0.1, -0.05) is 11.6 Å². The Hall–Kier alpha value is -2.05. The summed E-state index contributed by atoms with van der Waals surface area (Å²) in [4.78, 5) is 15.6. The Balaban J connectivity index is 1.99. The van der Waals surface area contributed by atoms with Gasteiger partial charge in [0.25, 0.3) is 5.91 Å². The van der Waals surface area contributed by atoms with E-state index in [0.29, 0.717) is 11.3 Å². The number of nitrogens with one attached hydrogen (secondary N) is 2. The molecule has 2 rings (SSSR count). The maximum atomic E-state index is 13.0. The van der Waals surface area contributed by atoms with Gasteiger partial charge < -0.3 is 5.32 Å². The highest BCUT2D eigenvalue weighted by Gasteiger charge is 2.08. The first-order valence-corrected chi connectivity index (χ1v) is 6.32. The molecule has 0 aliphatic heterocycles. The summed E-state index contributed by atoms with van der Waals surface area (Å²) in [5.74, 6) is -0.911. The molecule has 20 heavy (non-hydrogen) atoms. The summed E-state index contributed by atoms with van der Waals surface area (Å²) >= 11 is 10.6. The SMILES string of the molecule is O=C(NC(=S)Nc1ccc(F)c(Cl)c1)c1cccnc1. The van der Waals surface area contributed by atoms with E-state index in [1.165, 1.54) is 24.4 Å². The summed E-state index contributed by atoms with van der Waals surface area (Å²) in [5.41, 5.74) is 0.863. The number of carbonyl (C=O) groups excluding carboxylic acids is 1. The maximum absolute atomic E-state index is 13.0. The molecule has 0 aliphatic rings. The summed E-state index contributed by atoms with van der Waals surface area (Å²) in [5, 5.41) is 5.28. The largest absolute Gasteiger partial charge is 0.332 e. The molecule has 0 atom stereocenters. The van der Waals surface area contributed by atoms with Crippen LogP contribution >= 0.6 is 23.8 Å². The minimum Gasteiger partial charge on any atom is -0.332 e. The number of amides is 1. The van der Waals surface area contributed by atoms with Crippen LogP contribution in [0.2, 0.25) is 5.02 Å². The first kappa shape index (κ1) is 14.4. The Kier molecular flexibility index (Phi) is 4.60. The highest BCUT2D eigenvalue weighted by atomic mass is 35.5. The number of rotatable bonds is 2. The molecule has 0 unspecified atom stereocenters. The fourth-order valence-electron chi connectivity index (χ4n) is 1.41. The van der Waals surface area contributed by atoms with Gasteiger partial charge in [0.1, 0.15) is 5.82 Å². The lowest BCUT2D eigenvalue weighted by Crippen LogP contribution is -2.34. The fourth-order valence-corrected chi connectivity index (χ4v) is 1.80. The number of halogens is 2. The van der Waals surface area contributed by atoms with E-state index in [1.54, 1.807) is 18.3 Å². The molecule has 1 aromatic carbocycles. The normalized spacial score (nSPS) is 9.90. The molecular formula is C13H9ClFN3OS. The molecule has 102 valence electrons. The number of nitrogens with zero attached hydrogens (tertiary/aromatic N) is 1. The fraction of sp³-hybridized carbons (Fsp3) is 0. The monoisotopic (exact) mass is 309 g/mol. The molecule has 0 saturated carbocycles. The Labute approximate surface area is 125 Å². The van der Waals surface area contributed by atoms with Crippen LogP contribution in [0.15, 0.2) is 42.7 Å². The molecule has 1 aromatic heterocycles. The summed E-state index contributed by atoms with van der Waals surface area (Å²) in [6, 6.07) is 7.30. The van der Waals surface area contributed by atoms with Gasteiger partial charge in [0.15, 0.2) is 5.11 Å². The van der Waals surface area contributed by atoms with Crippen LogP contribution in [0.1, 0.15) is 10.4 Å². The van der Waals surface area contributed by atoms with Gasteiger partial charge in [0.05, 0.1) is 10.6 Å². The van der Waals surface area contributed by atoms with Crippen molar-refractivity contribution in [3.63, 3.8) is 0 Å². The Morgan fingerprint density at radius 3 is 2.80 bits per heavy atom. The van der Waals surface area contributed by atoms with Crippen molar-refractivity contribution in [2.45, 2.75) is 0 Å². The number of thiocarbonyl (C=S) groups is 1. The van der Waals surface area contributed by atoms with Gasteiger partial charge in [0.2, 0.25) is 0 Å². The van der Waals surface area contributed by atoms with E-state index in [4.69, 9.17) is 23.8 Å². The van der Waals surface area contributed by atoms with E-state index in [1.807, 2.05) is 0 Å². The van der Waals surface area contributed by atoms with Crippen LogP contribution in [0.3, 0.4) is 0 Å². The lowest BCUT2D eigenvalue weighted by atomic mass is 10.3. The zero-order chi connectivity index (χ0) is 14.5. The predicted octanol–water partition coefficient (Wildman–Crippen LogP) is 3.00. The van der Waals surface area contributed by atoms with Gasteiger partial charge in [-0.2, -0.15) is 0 Å². The molecule has 0 bridgehead atoms. The molecule has 0 aliphatic carbocycles. The highest BCUT2D eigenvalue weighted by Crippen LogP contribution is 2.19. The summed E-state index contributed by atoms with van der Waals surface area (Å²) in [7, 11) is 0. The van der Waals surface area contributed by atoms with Gasteiger partial charge in [-0.05, 0) is 42.5 Å². The van der Waals surface area contributed by atoms with E-state index >= 15 is 0 Å². The molecule has 2 N–H and O–H groups in total. The molecule has 4 nitrogen and oxygen atoms in total. The zero-order valence-corrected chi connectivity index (χ0v) is 11.6. The molecule has 2 aromatic rings. The standard InChI is InChI=1S/C13H9ClFN3OS/c14-10-6-9(3-4-11(10)15)17-13(20)18-12(19)8-2-1-5-16-7-8/h1-7H,(H2,17,18,19,20). The van der Waals surface area contributed by atoms with E-state index in [-0.39, 0.29) is 16.0 Å². The number of pyridine rings is 1. The van der Waals surface area contributed by atoms with Crippen LogP contribution in [0, 0.1) is 5.82 Å². The quantitative estimate of drug-likeness (QED) is 0.837. The van der Waals surface area contributed by atoms with Crippen molar-refractivity contribution in [1.29, 1.82) is 0 Å². The first-order chi connectivity index (χ1) is 9.56. The molecule has 0 saturated heterocycles. The van der Waals surface area contributed by atoms with E-state index in [2.05, 4.69) is 15.6 Å². The van der Waals surface area contributed by atoms with Gasteiger partial charge in [-0.15, -0.1) is 0 Å². The minimum absolute atomic E-state index is 0.0311. The number of aromatic nitrogens is 1. The number of carbonyl (C=O) groups is 1. The summed E-state index contributed by atoms with van der Waals surface area (Å²) in [6.07, 6.45) is 2.99. The van der Waals surface area contributed by atoms with E-state index < -0.39 is 5.82 Å². The Morgan fingerprint density at radius 1 is 1.35 bits per heavy atom. The van der Waals surface area contributed by atoms with E-state index in [9.17, 15) is 9.18 Å². The third kappa shape index (κ3) is 3.72. The van der Waals surface area contributed by atoms with Crippen molar-refractivity contribution in [3.05, 3.63) is 59.1 Å². The van der Waals surface area contributed by atoms with Crippen LogP contribution in [0.25, 0.3) is 0 Å². The number of benzene rings is 1. The average molecular weight is 310 g/mol. The summed E-state index contributed by atoms with van der Waals surface area (Å²) < 4.78 is 13.0. The van der Waals surface area contributed by atoms with Crippen molar-refractivity contribution in [3.8, 4) is 0 Å². The lowest BCUT2D eigenvalue weighted by Gasteiger charge is -2.09. The second-order valence-corrected chi connectivity index (χ2v) is 4.59. The first-order valence-electron chi connectivity index (χ1n) is 5.53. The molecule has 1 heterocycles. The molecule has 0 radical (unpaired) electrons. The molecule has 7 heteroatoms. The van der Waals surface area contributed by atoms with Crippen molar-refractivity contribution < 1.29 is 9.18 Å². The minimum atomic E-state index is -0.525. The second-order valence-electron chi connectivity index (χ2n) is 3.78. The number of hydrogen-bond donors (Lipinski definition) is 2. The molecule has 0 spiro atoms. The van der Waals surface area contributed by atoms with Gasteiger partial charge in [-0.3, -0.25) is 15.1 Å². The Bertz CT molecular complexity index is 651.